The number of fused-ring (bicyclic) bond motifs is 1. The Morgan fingerprint density at radius 2 is 1.90 bits per heavy atom. The number of amides is 1. The number of H-pyrrole nitrogens is 1. The highest BCUT2D eigenvalue weighted by Gasteiger charge is 2.18. The number of rotatable bonds is 3. The second kappa shape index (κ2) is 9.61. The first-order valence-electron chi connectivity index (χ1n) is 10.4. The highest BCUT2D eigenvalue weighted by molar-refractivity contribution is 5.98. The fraction of sp³-hybridized carbons (Fsp3) is 0.429. The molecule has 1 saturated carbocycles. The van der Waals surface area contributed by atoms with Gasteiger partial charge in [-0.2, -0.15) is 5.10 Å². The average molecular weight is 425 g/mol. The molecular formula is C21H28N8O2. The number of carbonyl (C=O) groups is 1. The van der Waals surface area contributed by atoms with E-state index in [4.69, 9.17) is 4.74 Å². The highest BCUT2D eigenvalue weighted by Crippen LogP contribution is 2.27. The number of hydrogen-bond donors (Lipinski definition) is 3. The molecule has 5 rings (SSSR count). The van der Waals surface area contributed by atoms with E-state index in [-0.39, 0.29) is 13.9 Å². The van der Waals surface area contributed by atoms with Gasteiger partial charge in [0.15, 0.2) is 17.5 Å². The van der Waals surface area contributed by atoms with Crippen molar-refractivity contribution in [3.8, 4) is 22.8 Å². The van der Waals surface area contributed by atoms with Crippen LogP contribution < -0.4 is 10.6 Å². The number of carbonyl (C=O) groups excluding carboxylic acids is 1. The molecule has 0 unspecified atom stereocenters. The smallest absolute Gasteiger partial charge is 0.244 e. The van der Waals surface area contributed by atoms with Crippen molar-refractivity contribution in [1.82, 2.24) is 30.1 Å². The van der Waals surface area contributed by atoms with Gasteiger partial charge in [-0.1, -0.05) is 19.3 Å². The Morgan fingerprint density at radius 3 is 2.58 bits per heavy atom. The summed E-state index contributed by atoms with van der Waals surface area (Å²) in [7, 11) is 1.82. The van der Waals surface area contributed by atoms with Crippen LogP contribution in [0.5, 0.6) is 0 Å². The molecule has 3 N–H and O–H groups in total. The Hall–Kier alpha value is -3.40. The molecule has 4 heterocycles. The van der Waals surface area contributed by atoms with Crippen molar-refractivity contribution in [3.63, 3.8) is 0 Å². The van der Waals surface area contributed by atoms with E-state index in [1.165, 1.54) is 38.4 Å². The number of pyridine rings is 1. The van der Waals surface area contributed by atoms with Crippen LogP contribution in [0.15, 0.2) is 24.7 Å². The third kappa shape index (κ3) is 5.02. The van der Waals surface area contributed by atoms with Crippen molar-refractivity contribution in [2.24, 2.45) is 0 Å². The Kier molecular flexibility index (Phi) is 6.46. The van der Waals surface area contributed by atoms with Gasteiger partial charge in [-0.05, 0) is 31.9 Å². The molecule has 0 aromatic carbocycles. The highest BCUT2D eigenvalue weighted by atomic mass is 16.5. The van der Waals surface area contributed by atoms with Crippen LogP contribution in [0.1, 0.15) is 39.2 Å². The summed E-state index contributed by atoms with van der Waals surface area (Å²) >= 11 is 0. The summed E-state index contributed by atoms with van der Waals surface area (Å²) in [5.41, 5.74) is 2.96. The van der Waals surface area contributed by atoms with Gasteiger partial charge in [0.05, 0.1) is 24.5 Å². The quantitative estimate of drug-likeness (QED) is 0.584. The predicted molar refractivity (Wildman–Crippen MR) is 118 cm³/mol. The summed E-state index contributed by atoms with van der Waals surface area (Å²) in [5, 5.41) is 12.2. The maximum Gasteiger partial charge on any atom is 0.244 e. The van der Waals surface area contributed by atoms with Gasteiger partial charge in [-0.15, -0.1) is 0 Å². The number of nitrogens with one attached hydrogen (secondary N) is 3. The molecule has 10 heteroatoms. The SMILES string of the molecule is COC1CCCCC1.Cc1nc(-c2ncn[nH]2)ccc1-c1cnc2c(n1)NC(=O)CN2.[HH]. The number of hydrogen-bond acceptors (Lipinski definition) is 8. The first-order valence-corrected chi connectivity index (χ1v) is 10.4. The number of nitrogens with zero attached hydrogens (tertiary/aromatic N) is 5. The molecule has 10 nitrogen and oxygen atoms in total. The Balaban J connectivity index is 0.000000274. The first kappa shape index (κ1) is 20.9. The molecule has 164 valence electrons. The number of methoxy groups -OCH3 is 1. The fourth-order valence-electron chi connectivity index (χ4n) is 3.67. The van der Waals surface area contributed by atoms with Gasteiger partial charge in [0, 0.05) is 19.8 Å². The van der Waals surface area contributed by atoms with Crippen molar-refractivity contribution in [1.29, 1.82) is 0 Å². The van der Waals surface area contributed by atoms with E-state index in [1.807, 2.05) is 26.2 Å². The van der Waals surface area contributed by atoms with Gasteiger partial charge in [-0.25, -0.2) is 19.9 Å². The van der Waals surface area contributed by atoms with E-state index in [9.17, 15) is 4.79 Å². The predicted octanol–water partition coefficient (Wildman–Crippen LogP) is 3.21. The molecule has 1 amide bonds. The lowest BCUT2D eigenvalue weighted by Gasteiger charge is -2.19. The second-order valence-electron chi connectivity index (χ2n) is 7.51. The maximum atomic E-state index is 11.4. The molecule has 0 saturated heterocycles. The van der Waals surface area contributed by atoms with Gasteiger partial charge in [0.2, 0.25) is 5.91 Å². The minimum absolute atomic E-state index is 0. The largest absolute Gasteiger partial charge is 0.381 e. The third-order valence-electron chi connectivity index (χ3n) is 5.35. The molecular weight excluding hydrogens is 396 g/mol. The van der Waals surface area contributed by atoms with Gasteiger partial charge >= 0.3 is 0 Å². The van der Waals surface area contributed by atoms with E-state index < -0.39 is 0 Å². The van der Waals surface area contributed by atoms with Crippen LogP contribution in [0, 0.1) is 6.92 Å². The Bertz CT molecular complexity index is 1040. The van der Waals surface area contributed by atoms with E-state index in [0.29, 0.717) is 35.0 Å². The molecule has 1 aliphatic heterocycles. The number of aromatic amines is 1. The van der Waals surface area contributed by atoms with Gasteiger partial charge in [-0.3, -0.25) is 9.89 Å². The van der Waals surface area contributed by atoms with E-state index in [1.54, 1.807) is 6.20 Å². The third-order valence-corrected chi connectivity index (χ3v) is 5.35. The summed E-state index contributed by atoms with van der Waals surface area (Å²) in [4.78, 5) is 28.8. The zero-order valence-electron chi connectivity index (χ0n) is 17.7. The molecule has 3 aromatic rings. The van der Waals surface area contributed by atoms with Crippen LogP contribution in [-0.2, 0) is 9.53 Å². The van der Waals surface area contributed by atoms with Gasteiger partial charge in [0.25, 0.3) is 0 Å². The molecule has 1 fully saturated rings. The van der Waals surface area contributed by atoms with Crippen molar-refractivity contribution >= 4 is 17.5 Å². The summed E-state index contributed by atoms with van der Waals surface area (Å²) in [5.74, 6) is 1.46. The number of aryl methyl sites for hydroxylation is 1. The zero-order valence-corrected chi connectivity index (χ0v) is 17.7. The van der Waals surface area contributed by atoms with Crippen LogP contribution in [-0.4, -0.2) is 55.8 Å². The summed E-state index contributed by atoms with van der Waals surface area (Å²) in [6, 6.07) is 3.73. The topological polar surface area (TPSA) is 131 Å². The minimum atomic E-state index is -0.139. The van der Waals surface area contributed by atoms with E-state index in [2.05, 4.69) is 40.8 Å². The molecule has 0 spiro atoms. The van der Waals surface area contributed by atoms with Crippen LogP contribution in [0.2, 0.25) is 0 Å². The normalized spacial score (nSPS) is 15.9. The Labute approximate surface area is 181 Å². The van der Waals surface area contributed by atoms with E-state index in [0.717, 1.165) is 11.3 Å². The molecule has 1 aliphatic carbocycles. The standard InChI is InChI=1S/C14H12N8O.C7H14O.H2/c1-7-8(2-3-9(19-7)12-17-6-18-22-12)10-4-15-13-14(20-10)21-11(23)5-16-13;1-8-7-5-3-2-4-6-7;/h2-4,6H,5H2,1H3,(H,15,16)(H,17,18,22)(H,20,21,23);7H,2-6H2,1H3;1H. The van der Waals surface area contributed by atoms with Crippen LogP contribution in [0.25, 0.3) is 22.8 Å². The van der Waals surface area contributed by atoms with Crippen molar-refractivity contribution in [2.45, 2.75) is 45.1 Å². The molecule has 2 aliphatic rings. The summed E-state index contributed by atoms with van der Waals surface area (Å²) in [6.07, 6.45) is 10.4. The first-order chi connectivity index (χ1) is 15.1. The van der Waals surface area contributed by atoms with Crippen LogP contribution >= 0.6 is 0 Å². The number of ether oxygens (including phenoxy) is 1. The molecule has 0 radical (unpaired) electrons. The number of aromatic nitrogens is 6. The van der Waals surface area contributed by atoms with Crippen molar-refractivity contribution in [2.75, 3.05) is 24.3 Å². The minimum Gasteiger partial charge on any atom is -0.381 e. The van der Waals surface area contributed by atoms with Crippen molar-refractivity contribution < 1.29 is 11.0 Å². The lowest BCUT2D eigenvalue weighted by Crippen LogP contribution is -2.28. The Morgan fingerprint density at radius 1 is 1.06 bits per heavy atom. The zero-order chi connectivity index (χ0) is 21.6. The fourth-order valence-corrected chi connectivity index (χ4v) is 3.67. The van der Waals surface area contributed by atoms with Crippen molar-refractivity contribution in [3.05, 3.63) is 30.4 Å². The lowest BCUT2D eigenvalue weighted by atomic mass is 9.98. The molecule has 0 atom stereocenters. The summed E-state index contributed by atoms with van der Waals surface area (Å²) < 4.78 is 5.19. The second-order valence-corrected chi connectivity index (χ2v) is 7.51. The van der Waals surface area contributed by atoms with Gasteiger partial charge < -0.3 is 15.4 Å². The maximum absolute atomic E-state index is 11.4. The van der Waals surface area contributed by atoms with E-state index >= 15 is 0 Å². The molecule has 3 aromatic heterocycles. The average Bonchev–Trinajstić information content (AvgIpc) is 3.34. The van der Waals surface area contributed by atoms with Crippen LogP contribution in [0.3, 0.4) is 0 Å². The summed E-state index contributed by atoms with van der Waals surface area (Å²) in [6.45, 7) is 2.08. The van der Waals surface area contributed by atoms with Gasteiger partial charge in [0.1, 0.15) is 12.0 Å². The van der Waals surface area contributed by atoms with Crippen LogP contribution in [0.4, 0.5) is 11.6 Å². The lowest BCUT2D eigenvalue weighted by molar-refractivity contribution is -0.114. The number of anilines is 2. The molecule has 31 heavy (non-hydrogen) atoms. The monoisotopic (exact) mass is 424 g/mol. The molecule has 0 bridgehead atoms.